The summed E-state index contributed by atoms with van der Waals surface area (Å²) in [6, 6.07) is 7.13. The van der Waals surface area contributed by atoms with Crippen LogP contribution in [0, 0.1) is 12.7 Å². The van der Waals surface area contributed by atoms with E-state index in [4.69, 9.17) is 9.72 Å². The van der Waals surface area contributed by atoms with Crippen LogP contribution in [0.3, 0.4) is 0 Å². The van der Waals surface area contributed by atoms with Crippen molar-refractivity contribution in [1.82, 2.24) is 20.1 Å². The lowest BCUT2D eigenvalue weighted by Gasteiger charge is -2.12. The van der Waals surface area contributed by atoms with E-state index in [1.54, 1.807) is 36.9 Å². The van der Waals surface area contributed by atoms with Gasteiger partial charge >= 0.3 is 0 Å². The Kier molecular flexibility index (Phi) is 5.76. The molecule has 2 aromatic heterocycles. The highest BCUT2D eigenvalue weighted by Crippen LogP contribution is 2.32. The van der Waals surface area contributed by atoms with Crippen LogP contribution in [-0.2, 0) is 14.6 Å². The molecule has 8 nitrogen and oxygen atoms in total. The molecule has 4 rings (SSSR count). The van der Waals surface area contributed by atoms with Gasteiger partial charge in [-0.3, -0.25) is 4.79 Å². The third-order valence-electron chi connectivity index (χ3n) is 5.37. The molecule has 164 valence electrons. The van der Waals surface area contributed by atoms with E-state index in [0.29, 0.717) is 53.1 Å². The van der Waals surface area contributed by atoms with Crippen LogP contribution in [0.5, 0.6) is 0 Å². The van der Waals surface area contributed by atoms with Gasteiger partial charge in [0.2, 0.25) is 0 Å². The third-order valence-corrected chi connectivity index (χ3v) is 7.12. The van der Waals surface area contributed by atoms with Gasteiger partial charge in [-0.05, 0) is 43.7 Å². The van der Waals surface area contributed by atoms with Crippen LogP contribution in [0.4, 0.5) is 4.39 Å². The Morgan fingerprint density at radius 1 is 1.32 bits per heavy atom. The highest BCUT2D eigenvalue weighted by molar-refractivity contribution is 7.91. The second-order valence-electron chi connectivity index (χ2n) is 7.60. The first-order valence-corrected chi connectivity index (χ1v) is 11.7. The van der Waals surface area contributed by atoms with E-state index in [1.807, 2.05) is 0 Å². The Hall–Kier alpha value is -2.85. The second kappa shape index (κ2) is 8.35. The number of carbonyl (C=O) groups is 1. The fourth-order valence-corrected chi connectivity index (χ4v) is 5.54. The molecule has 3 aromatic rings. The minimum absolute atomic E-state index is 0.0129. The third kappa shape index (κ3) is 4.31. The number of fused-ring (bicyclic) bond motifs is 1. The van der Waals surface area contributed by atoms with E-state index in [1.165, 1.54) is 12.1 Å². The van der Waals surface area contributed by atoms with Crippen molar-refractivity contribution in [2.45, 2.75) is 19.4 Å². The number of ether oxygens (including phenoxy) is 1. The monoisotopic (exact) mass is 446 g/mol. The average molecular weight is 447 g/mol. The number of hydrogen-bond donors (Lipinski definition) is 1. The van der Waals surface area contributed by atoms with Gasteiger partial charge in [0.05, 0.1) is 46.5 Å². The van der Waals surface area contributed by atoms with Crippen LogP contribution in [0.2, 0.25) is 0 Å². The van der Waals surface area contributed by atoms with E-state index >= 15 is 0 Å². The molecule has 1 saturated heterocycles. The lowest BCUT2D eigenvalue weighted by Crippen LogP contribution is -2.27. The molecule has 1 N–H and O–H groups in total. The molecule has 1 aliphatic rings. The van der Waals surface area contributed by atoms with Crippen molar-refractivity contribution in [3.63, 3.8) is 0 Å². The molecule has 0 bridgehead atoms. The number of halogens is 1. The lowest BCUT2D eigenvalue weighted by atomic mass is 10.0. The van der Waals surface area contributed by atoms with Gasteiger partial charge in [-0.25, -0.2) is 22.5 Å². The zero-order valence-electron chi connectivity index (χ0n) is 17.3. The predicted molar refractivity (Wildman–Crippen MR) is 114 cm³/mol. The summed E-state index contributed by atoms with van der Waals surface area (Å²) in [5.41, 5.74) is 2.53. The van der Waals surface area contributed by atoms with Crippen molar-refractivity contribution in [3.8, 4) is 11.3 Å². The molecule has 0 spiro atoms. The Morgan fingerprint density at radius 2 is 2.06 bits per heavy atom. The van der Waals surface area contributed by atoms with E-state index < -0.39 is 9.84 Å². The van der Waals surface area contributed by atoms with Gasteiger partial charge in [0.1, 0.15) is 5.82 Å². The van der Waals surface area contributed by atoms with Crippen LogP contribution < -0.4 is 5.32 Å². The molecule has 0 aliphatic carbocycles. The fourth-order valence-electron chi connectivity index (χ4n) is 3.85. The Morgan fingerprint density at radius 3 is 2.71 bits per heavy atom. The average Bonchev–Trinajstić information content (AvgIpc) is 3.27. The summed E-state index contributed by atoms with van der Waals surface area (Å²) in [7, 11) is -1.59. The molecular formula is C21H23FN4O4S. The quantitative estimate of drug-likeness (QED) is 0.583. The number of amides is 1. The molecule has 10 heteroatoms. The summed E-state index contributed by atoms with van der Waals surface area (Å²) in [5, 5.41) is 7.94. The van der Waals surface area contributed by atoms with Crippen LogP contribution in [-0.4, -0.2) is 60.9 Å². The fraction of sp³-hybridized carbons (Fsp3) is 0.381. The minimum Gasteiger partial charge on any atom is -0.383 e. The normalized spacial score (nSPS) is 17.8. The molecule has 0 saturated carbocycles. The number of aromatic nitrogens is 3. The first kappa shape index (κ1) is 21.4. The van der Waals surface area contributed by atoms with Crippen molar-refractivity contribution in [2.75, 3.05) is 31.8 Å². The maximum Gasteiger partial charge on any atom is 0.252 e. The molecule has 31 heavy (non-hydrogen) atoms. The van der Waals surface area contributed by atoms with Gasteiger partial charge in [0.15, 0.2) is 15.5 Å². The summed E-state index contributed by atoms with van der Waals surface area (Å²) < 4.78 is 44.1. The number of nitrogens with zero attached hydrogens (tertiary/aromatic N) is 3. The molecule has 1 atom stereocenters. The van der Waals surface area contributed by atoms with Crippen molar-refractivity contribution in [3.05, 3.63) is 47.4 Å². The van der Waals surface area contributed by atoms with Gasteiger partial charge in [-0.2, -0.15) is 5.10 Å². The number of benzene rings is 1. The van der Waals surface area contributed by atoms with Crippen LogP contribution in [0.1, 0.15) is 28.5 Å². The van der Waals surface area contributed by atoms with Crippen LogP contribution >= 0.6 is 0 Å². The number of rotatable bonds is 6. The Labute approximate surface area is 179 Å². The van der Waals surface area contributed by atoms with Crippen molar-refractivity contribution in [2.24, 2.45) is 0 Å². The molecule has 3 heterocycles. The molecule has 0 radical (unpaired) electrons. The molecule has 1 unspecified atom stereocenters. The summed E-state index contributed by atoms with van der Waals surface area (Å²) in [6.07, 6.45) is 0.441. The molecule has 1 fully saturated rings. The zero-order chi connectivity index (χ0) is 22.2. The molecule has 1 amide bonds. The number of hydrogen-bond acceptors (Lipinski definition) is 6. The first-order valence-electron chi connectivity index (χ1n) is 9.92. The molecular weight excluding hydrogens is 423 g/mol. The van der Waals surface area contributed by atoms with Gasteiger partial charge < -0.3 is 10.1 Å². The maximum absolute atomic E-state index is 13.4. The number of sulfone groups is 1. The predicted octanol–water partition coefficient (Wildman–Crippen LogP) is 2.28. The maximum atomic E-state index is 13.4. The summed E-state index contributed by atoms with van der Waals surface area (Å²) >= 11 is 0. The summed E-state index contributed by atoms with van der Waals surface area (Å²) in [5.74, 6) is -0.602. The van der Waals surface area contributed by atoms with E-state index in [0.717, 1.165) is 0 Å². The number of nitrogens with one attached hydrogen (secondary N) is 1. The van der Waals surface area contributed by atoms with Crippen molar-refractivity contribution in [1.29, 1.82) is 0 Å². The number of methoxy groups -OCH3 is 1. The van der Waals surface area contributed by atoms with E-state index in [2.05, 4.69) is 10.4 Å². The Bertz CT molecular complexity index is 1240. The molecule has 1 aromatic carbocycles. The van der Waals surface area contributed by atoms with E-state index in [9.17, 15) is 17.6 Å². The molecule has 1 aliphatic heterocycles. The first-order chi connectivity index (χ1) is 14.8. The Balaban J connectivity index is 1.88. The summed E-state index contributed by atoms with van der Waals surface area (Å²) in [4.78, 5) is 17.7. The highest BCUT2D eigenvalue weighted by Gasteiger charge is 2.32. The van der Waals surface area contributed by atoms with Gasteiger partial charge in [0, 0.05) is 19.2 Å². The smallest absolute Gasteiger partial charge is 0.252 e. The van der Waals surface area contributed by atoms with Crippen molar-refractivity contribution >= 4 is 26.8 Å². The summed E-state index contributed by atoms with van der Waals surface area (Å²) in [6.45, 7) is 2.47. The topological polar surface area (TPSA) is 103 Å². The minimum atomic E-state index is -3.13. The van der Waals surface area contributed by atoms with Crippen molar-refractivity contribution < 1.29 is 22.3 Å². The number of pyridine rings is 1. The van der Waals surface area contributed by atoms with Crippen LogP contribution in [0.25, 0.3) is 22.3 Å². The largest absolute Gasteiger partial charge is 0.383 e. The SMILES string of the molecule is COCCNC(=O)c1cc(-c2ccc(F)cc2)nc2c1c(C)nn2C1CCS(=O)(=O)C1. The lowest BCUT2D eigenvalue weighted by molar-refractivity contribution is 0.0938. The van der Waals surface area contributed by atoms with Gasteiger partial charge in [0.25, 0.3) is 5.91 Å². The van der Waals surface area contributed by atoms with Crippen LogP contribution in [0.15, 0.2) is 30.3 Å². The van der Waals surface area contributed by atoms with E-state index in [-0.39, 0.29) is 29.3 Å². The van der Waals surface area contributed by atoms with Gasteiger partial charge in [-0.1, -0.05) is 0 Å². The standard InChI is InChI=1S/C21H23FN4O4S/c1-13-19-17(21(27)23-8-9-30-2)11-18(14-3-5-15(22)6-4-14)24-20(19)26(25-13)16-7-10-31(28,29)12-16/h3-6,11,16H,7-10,12H2,1-2H3,(H,23,27). The van der Waals surface area contributed by atoms with Gasteiger partial charge in [-0.15, -0.1) is 0 Å². The second-order valence-corrected chi connectivity index (χ2v) is 9.82. The number of carbonyl (C=O) groups excluding carboxylic acids is 1. The highest BCUT2D eigenvalue weighted by atomic mass is 32.2. The number of aryl methyl sites for hydroxylation is 1. The zero-order valence-corrected chi connectivity index (χ0v) is 18.1.